The van der Waals surface area contributed by atoms with Gasteiger partial charge in [0.2, 0.25) is 0 Å². The van der Waals surface area contributed by atoms with Crippen molar-refractivity contribution in [3.63, 3.8) is 0 Å². The fraction of sp³-hybridized carbons (Fsp3) is 0.500. The van der Waals surface area contributed by atoms with E-state index in [0.29, 0.717) is 18.9 Å². The van der Waals surface area contributed by atoms with Crippen LogP contribution in [0.5, 0.6) is 0 Å². The Morgan fingerprint density at radius 1 is 1.38 bits per heavy atom. The zero-order valence-corrected chi connectivity index (χ0v) is 12.3. The molecular weight excluding hydrogens is 268 g/mol. The first-order valence-electron chi connectivity index (χ1n) is 7.42. The molecule has 0 radical (unpaired) electrons. The Labute approximate surface area is 125 Å². The molecule has 5 heteroatoms. The van der Waals surface area contributed by atoms with Crippen LogP contribution in [0.25, 0.3) is 0 Å². The van der Waals surface area contributed by atoms with Gasteiger partial charge in [-0.3, -0.25) is 0 Å². The van der Waals surface area contributed by atoms with E-state index in [1.165, 1.54) is 0 Å². The normalized spacial score (nSPS) is 19.3. The van der Waals surface area contributed by atoms with E-state index in [9.17, 15) is 14.7 Å². The van der Waals surface area contributed by atoms with Crippen molar-refractivity contribution >= 4 is 12.0 Å². The molecule has 1 aliphatic rings. The third-order valence-corrected chi connectivity index (χ3v) is 4.03. The van der Waals surface area contributed by atoms with Gasteiger partial charge in [-0.1, -0.05) is 43.7 Å². The molecule has 2 amide bonds. The number of carbonyl (C=O) groups is 2. The lowest BCUT2D eigenvalue weighted by Crippen LogP contribution is -2.48. The summed E-state index contributed by atoms with van der Waals surface area (Å²) in [5, 5.41) is 11.9. The first kappa shape index (κ1) is 15.4. The maximum Gasteiger partial charge on any atom is 0.326 e. The van der Waals surface area contributed by atoms with Gasteiger partial charge in [0, 0.05) is 19.5 Å². The number of benzene rings is 1. The van der Waals surface area contributed by atoms with Crippen LogP contribution in [0.15, 0.2) is 30.3 Å². The van der Waals surface area contributed by atoms with Crippen molar-refractivity contribution in [3.05, 3.63) is 35.9 Å². The predicted octanol–water partition coefficient (Wildman–Crippen LogP) is 2.12. The van der Waals surface area contributed by atoms with E-state index in [1.807, 2.05) is 30.3 Å². The van der Waals surface area contributed by atoms with Crippen molar-refractivity contribution in [2.45, 2.75) is 32.2 Å². The lowest BCUT2D eigenvalue weighted by Gasteiger charge is -2.21. The summed E-state index contributed by atoms with van der Waals surface area (Å²) in [5.74, 6) is -0.466. The highest BCUT2D eigenvalue weighted by molar-refractivity contribution is 5.83. The molecule has 0 aromatic heterocycles. The Bertz CT molecular complexity index is 490. The lowest BCUT2D eigenvalue weighted by atomic mass is 10.1. The summed E-state index contributed by atoms with van der Waals surface area (Å²) in [4.78, 5) is 25.2. The predicted molar refractivity (Wildman–Crippen MR) is 80.1 cm³/mol. The average Bonchev–Trinajstić information content (AvgIpc) is 2.96. The number of amides is 2. The van der Waals surface area contributed by atoms with Gasteiger partial charge in [0.15, 0.2) is 0 Å². The van der Waals surface area contributed by atoms with Crippen LogP contribution in [-0.2, 0) is 11.2 Å². The summed E-state index contributed by atoms with van der Waals surface area (Å²) < 4.78 is 0. The fourth-order valence-corrected chi connectivity index (χ4v) is 2.64. The molecule has 21 heavy (non-hydrogen) atoms. The molecule has 1 aromatic carbocycles. The molecule has 2 rings (SSSR count). The van der Waals surface area contributed by atoms with Crippen LogP contribution in [0.1, 0.15) is 25.3 Å². The number of urea groups is 1. The molecule has 5 nitrogen and oxygen atoms in total. The summed E-state index contributed by atoms with van der Waals surface area (Å²) in [7, 11) is 0. The Kier molecular flexibility index (Phi) is 5.20. The van der Waals surface area contributed by atoms with E-state index >= 15 is 0 Å². The number of carbonyl (C=O) groups excluding carboxylic acids is 1. The standard InChI is InChI=1S/C16H22N2O3/c1-2-12-8-9-18(11-12)16(21)17-14(15(19)20)10-13-6-4-3-5-7-13/h3-7,12,14H,2,8-11H2,1H3,(H,17,21)(H,19,20)/t12?,14-/m1/s1. The Balaban J connectivity index is 1.94. The maximum absolute atomic E-state index is 12.2. The van der Waals surface area contributed by atoms with E-state index < -0.39 is 12.0 Å². The van der Waals surface area contributed by atoms with Crippen LogP contribution in [0.2, 0.25) is 0 Å². The van der Waals surface area contributed by atoms with Gasteiger partial charge in [0.05, 0.1) is 0 Å². The second kappa shape index (κ2) is 7.11. The number of rotatable bonds is 5. The van der Waals surface area contributed by atoms with E-state index in [4.69, 9.17) is 0 Å². The zero-order chi connectivity index (χ0) is 15.2. The summed E-state index contributed by atoms with van der Waals surface area (Å²) >= 11 is 0. The van der Waals surface area contributed by atoms with Gasteiger partial charge >= 0.3 is 12.0 Å². The monoisotopic (exact) mass is 290 g/mol. The maximum atomic E-state index is 12.2. The second-order valence-electron chi connectivity index (χ2n) is 5.54. The third-order valence-electron chi connectivity index (χ3n) is 4.03. The molecule has 0 bridgehead atoms. The third kappa shape index (κ3) is 4.21. The van der Waals surface area contributed by atoms with Crippen LogP contribution < -0.4 is 5.32 Å². The minimum Gasteiger partial charge on any atom is -0.480 e. The van der Waals surface area contributed by atoms with Crippen molar-refractivity contribution in [2.75, 3.05) is 13.1 Å². The van der Waals surface area contributed by atoms with Gasteiger partial charge in [-0.25, -0.2) is 9.59 Å². The number of nitrogens with one attached hydrogen (secondary N) is 1. The van der Waals surface area contributed by atoms with Crippen LogP contribution in [0.4, 0.5) is 4.79 Å². The van der Waals surface area contributed by atoms with Crippen molar-refractivity contribution in [1.82, 2.24) is 10.2 Å². The largest absolute Gasteiger partial charge is 0.480 e. The molecule has 2 N–H and O–H groups in total. The highest BCUT2D eigenvalue weighted by Gasteiger charge is 2.28. The summed E-state index contributed by atoms with van der Waals surface area (Å²) in [6.45, 7) is 3.55. The van der Waals surface area contributed by atoms with E-state index in [-0.39, 0.29) is 6.03 Å². The van der Waals surface area contributed by atoms with E-state index in [0.717, 1.165) is 24.9 Å². The lowest BCUT2D eigenvalue weighted by molar-refractivity contribution is -0.139. The summed E-state index contributed by atoms with van der Waals surface area (Å²) in [6.07, 6.45) is 2.35. The van der Waals surface area contributed by atoms with E-state index in [2.05, 4.69) is 12.2 Å². The van der Waals surface area contributed by atoms with Crippen molar-refractivity contribution in [3.8, 4) is 0 Å². The highest BCUT2D eigenvalue weighted by Crippen LogP contribution is 2.19. The number of nitrogens with zero attached hydrogens (tertiary/aromatic N) is 1. The minimum absolute atomic E-state index is 0.269. The number of aliphatic carboxylic acids is 1. The van der Waals surface area contributed by atoms with Gasteiger partial charge in [0.25, 0.3) is 0 Å². The molecule has 0 spiro atoms. The molecular formula is C16H22N2O3. The Morgan fingerprint density at radius 2 is 2.10 bits per heavy atom. The van der Waals surface area contributed by atoms with Gasteiger partial charge in [-0.15, -0.1) is 0 Å². The number of hydrogen-bond donors (Lipinski definition) is 2. The first-order chi connectivity index (χ1) is 10.1. The topological polar surface area (TPSA) is 69.6 Å². The number of carboxylic acids is 1. The molecule has 1 unspecified atom stereocenters. The number of carboxylic acid groups (broad SMARTS) is 1. The molecule has 1 fully saturated rings. The van der Waals surface area contributed by atoms with Crippen molar-refractivity contribution < 1.29 is 14.7 Å². The van der Waals surface area contributed by atoms with Gasteiger partial charge in [0.1, 0.15) is 6.04 Å². The van der Waals surface area contributed by atoms with Crippen LogP contribution >= 0.6 is 0 Å². The number of likely N-dealkylation sites (tertiary alicyclic amines) is 1. The molecule has 1 aliphatic heterocycles. The minimum atomic E-state index is -1.00. The SMILES string of the molecule is CCC1CCN(C(=O)N[C@H](Cc2ccccc2)C(=O)O)C1. The first-order valence-corrected chi connectivity index (χ1v) is 7.42. The molecule has 1 heterocycles. The zero-order valence-electron chi connectivity index (χ0n) is 12.3. The van der Waals surface area contributed by atoms with Crippen molar-refractivity contribution in [1.29, 1.82) is 0 Å². The fourth-order valence-electron chi connectivity index (χ4n) is 2.64. The average molecular weight is 290 g/mol. The molecule has 0 saturated carbocycles. The molecule has 2 atom stereocenters. The summed E-state index contributed by atoms with van der Waals surface area (Å²) in [5.41, 5.74) is 0.901. The number of hydrogen-bond acceptors (Lipinski definition) is 2. The second-order valence-corrected chi connectivity index (χ2v) is 5.54. The quantitative estimate of drug-likeness (QED) is 0.872. The molecule has 1 aromatic rings. The van der Waals surface area contributed by atoms with Crippen LogP contribution in [0, 0.1) is 5.92 Å². The molecule has 114 valence electrons. The Morgan fingerprint density at radius 3 is 2.67 bits per heavy atom. The highest BCUT2D eigenvalue weighted by atomic mass is 16.4. The van der Waals surface area contributed by atoms with Crippen LogP contribution in [0.3, 0.4) is 0 Å². The smallest absolute Gasteiger partial charge is 0.326 e. The molecule has 1 saturated heterocycles. The molecule has 0 aliphatic carbocycles. The van der Waals surface area contributed by atoms with Gasteiger partial charge < -0.3 is 15.3 Å². The van der Waals surface area contributed by atoms with Gasteiger partial charge in [-0.05, 0) is 17.9 Å². The van der Waals surface area contributed by atoms with E-state index in [1.54, 1.807) is 4.90 Å². The Hall–Kier alpha value is -2.04. The van der Waals surface area contributed by atoms with Crippen LogP contribution in [-0.4, -0.2) is 41.1 Å². The van der Waals surface area contributed by atoms with Crippen molar-refractivity contribution in [2.24, 2.45) is 5.92 Å². The van der Waals surface area contributed by atoms with Gasteiger partial charge in [-0.2, -0.15) is 0 Å². The summed E-state index contributed by atoms with van der Waals surface area (Å²) in [6, 6.07) is 8.18.